The van der Waals surface area contributed by atoms with Crippen LogP contribution in [0.5, 0.6) is 11.5 Å². The second-order valence-corrected chi connectivity index (χ2v) is 6.69. The quantitative estimate of drug-likeness (QED) is 0.281. The second kappa shape index (κ2) is 8.12. The van der Waals surface area contributed by atoms with Crippen molar-refractivity contribution >= 4 is 52.6 Å². The summed E-state index contributed by atoms with van der Waals surface area (Å²) in [5.41, 5.74) is 0.875. The molecule has 2 aromatic rings. The van der Waals surface area contributed by atoms with E-state index in [0.717, 1.165) is 0 Å². The third-order valence-electron chi connectivity index (χ3n) is 3.66. The predicted molar refractivity (Wildman–Crippen MR) is 101 cm³/mol. The summed E-state index contributed by atoms with van der Waals surface area (Å²) in [4.78, 5) is 24.2. The number of benzene rings is 2. The zero-order valence-electron chi connectivity index (χ0n) is 13.4. The summed E-state index contributed by atoms with van der Waals surface area (Å²) in [7, 11) is 0. The van der Waals surface area contributed by atoms with Gasteiger partial charge in [0.25, 0.3) is 0 Å². The molecular formula is C19H13Cl3O4. The molecular weight excluding hydrogens is 399 g/mol. The van der Waals surface area contributed by atoms with Gasteiger partial charge in [-0.2, -0.15) is 0 Å². The second-order valence-electron chi connectivity index (χ2n) is 5.50. The molecule has 0 aromatic heterocycles. The SMILES string of the molecule is O=C(CCCCl)Oc1ccc2c(c1)O/C(=C\c1c(Cl)cccc1Cl)C2=O. The van der Waals surface area contributed by atoms with Crippen molar-refractivity contribution in [3.05, 3.63) is 63.3 Å². The number of carbonyl (C=O) groups excluding carboxylic acids is 2. The zero-order valence-corrected chi connectivity index (χ0v) is 15.7. The predicted octanol–water partition coefficient (Wildman–Crippen LogP) is 5.53. The first-order chi connectivity index (χ1) is 12.5. The van der Waals surface area contributed by atoms with Gasteiger partial charge in [-0.3, -0.25) is 9.59 Å². The van der Waals surface area contributed by atoms with Gasteiger partial charge in [0.15, 0.2) is 5.76 Å². The van der Waals surface area contributed by atoms with Crippen LogP contribution in [0.25, 0.3) is 6.08 Å². The molecule has 1 heterocycles. The summed E-state index contributed by atoms with van der Waals surface area (Å²) >= 11 is 17.8. The summed E-state index contributed by atoms with van der Waals surface area (Å²) in [6.45, 7) is 0. The van der Waals surface area contributed by atoms with Crippen LogP contribution in [0.2, 0.25) is 10.0 Å². The molecule has 0 bridgehead atoms. The summed E-state index contributed by atoms with van der Waals surface area (Å²) in [6, 6.07) is 9.65. The highest BCUT2D eigenvalue weighted by Crippen LogP contribution is 2.36. The van der Waals surface area contributed by atoms with Crippen LogP contribution in [-0.4, -0.2) is 17.6 Å². The number of hydrogen-bond acceptors (Lipinski definition) is 4. The molecule has 1 aliphatic rings. The van der Waals surface area contributed by atoms with E-state index in [4.69, 9.17) is 44.3 Å². The Morgan fingerprint density at radius 1 is 1.15 bits per heavy atom. The normalized spacial score (nSPS) is 14.3. The first kappa shape index (κ1) is 18.8. The minimum absolute atomic E-state index is 0.0978. The van der Waals surface area contributed by atoms with E-state index in [9.17, 15) is 9.59 Å². The molecule has 0 aliphatic carbocycles. The number of esters is 1. The van der Waals surface area contributed by atoms with Crippen LogP contribution in [0.3, 0.4) is 0 Å². The Morgan fingerprint density at radius 2 is 1.88 bits per heavy atom. The number of ketones is 1. The van der Waals surface area contributed by atoms with E-state index in [1.807, 2.05) is 0 Å². The van der Waals surface area contributed by atoms with Crippen LogP contribution in [-0.2, 0) is 4.79 Å². The summed E-state index contributed by atoms with van der Waals surface area (Å²) in [5, 5.41) is 0.817. The van der Waals surface area contributed by atoms with Crippen LogP contribution in [0.1, 0.15) is 28.8 Å². The van der Waals surface area contributed by atoms with E-state index in [1.165, 1.54) is 12.1 Å². The van der Waals surface area contributed by atoms with Crippen molar-refractivity contribution in [3.8, 4) is 11.5 Å². The van der Waals surface area contributed by atoms with Gasteiger partial charge in [0.1, 0.15) is 11.5 Å². The van der Waals surface area contributed by atoms with Crippen molar-refractivity contribution in [2.24, 2.45) is 0 Å². The lowest BCUT2D eigenvalue weighted by Gasteiger charge is -2.05. The van der Waals surface area contributed by atoms with E-state index >= 15 is 0 Å². The number of carbonyl (C=O) groups is 2. The van der Waals surface area contributed by atoms with E-state index in [-0.39, 0.29) is 18.0 Å². The van der Waals surface area contributed by atoms with Crippen molar-refractivity contribution in [2.75, 3.05) is 5.88 Å². The largest absolute Gasteiger partial charge is 0.452 e. The van der Waals surface area contributed by atoms with E-state index in [1.54, 1.807) is 30.3 Å². The number of halogens is 3. The lowest BCUT2D eigenvalue weighted by atomic mass is 10.1. The molecule has 2 aromatic carbocycles. The maximum Gasteiger partial charge on any atom is 0.311 e. The minimum Gasteiger partial charge on any atom is -0.452 e. The Labute approximate surface area is 165 Å². The highest BCUT2D eigenvalue weighted by atomic mass is 35.5. The number of hydrogen-bond donors (Lipinski definition) is 0. The van der Waals surface area contributed by atoms with Gasteiger partial charge in [-0.05, 0) is 36.8 Å². The number of alkyl halides is 1. The fourth-order valence-corrected chi connectivity index (χ4v) is 3.04. The van der Waals surface area contributed by atoms with Crippen LogP contribution in [0.4, 0.5) is 0 Å². The summed E-state index contributed by atoms with van der Waals surface area (Å²) in [6.07, 6.45) is 2.25. The molecule has 3 rings (SSSR count). The molecule has 134 valence electrons. The Bertz CT molecular complexity index is 885. The summed E-state index contributed by atoms with van der Waals surface area (Å²) in [5.74, 6) is 0.403. The number of fused-ring (bicyclic) bond motifs is 1. The molecule has 26 heavy (non-hydrogen) atoms. The van der Waals surface area contributed by atoms with E-state index in [0.29, 0.717) is 45.0 Å². The third kappa shape index (κ3) is 4.04. The van der Waals surface area contributed by atoms with Gasteiger partial charge in [0, 0.05) is 34.0 Å². The van der Waals surface area contributed by atoms with Gasteiger partial charge >= 0.3 is 5.97 Å². The van der Waals surface area contributed by atoms with Gasteiger partial charge in [0.2, 0.25) is 5.78 Å². The first-order valence-corrected chi connectivity index (χ1v) is 9.07. The number of rotatable bonds is 5. The molecule has 4 nitrogen and oxygen atoms in total. The summed E-state index contributed by atoms with van der Waals surface area (Å²) < 4.78 is 10.8. The molecule has 1 aliphatic heterocycles. The Balaban J connectivity index is 1.83. The number of allylic oxidation sites excluding steroid dienone is 1. The molecule has 7 heteroatoms. The Morgan fingerprint density at radius 3 is 2.58 bits per heavy atom. The monoisotopic (exact) mass is 410 g/mol. The average Bonchev–Trinajstić information content (AvgIpc) is 2.92. The molecule has 0 saturated heterocycles. The molecule has 0 fully saturated rings. The standard InChI is InChI=1S/C19H13Cl3O4/c20-8-2-5-18(23)25-11-6-7-12-16(9-11)26-17(19(12)24)10-13-14(21)3-1-4-15(13)22/h1,3-4,6-7,9-10H,2,5,8H2/b17-10-. The fraction of sp³-hybridized carbons (Fsp3) is 0.158. The molecule has 0 N–H and O–H groups in total. The maximum atomic E-state index is 12.5. The topological polar surface area (TPSA) is 52.6 Å². The lowest BCUT2D eigenvalue weighted by molar-refractivity contribution is -0.134. The van der Waals surface area contributed by atoms with Crippen LogP contribution >= 0.6 is 34.8 Å². The smallest absolute Gasteiger partial charge is 0.311 e. The third-order valence-corrected chi connectivity index (χ3v) is 4.59. The molecule has 0 radical (unpaired) electrons. The highest BCUT2D eigenvalue weighted by Gasteiger charge is 2.28. The number of ether oxygens (including phenoxy) is 2. The molecule has 0 amide bonds. The van der Waals surface area contributed by atoms with E-state index in [2.05, 4.69) is 0 Å². The molecule has 0 atom stereocenters. The number of Topliss-reactive ketones (excluding diaryl/α,β-unsaturated/α-hetero) is 1. The molecule has 0 unspecified atom stereocenters. The lowest BCUT2D eigenvalue weighted by Crippen LogP contribution is -2.07. The Hall–Kier alpha value is -2.01. The van der Waals surface area contributed by atoms with Crippen LogP contribution < -0.4 is 9.47 Å². The maximum absolute atomic E-state index is 12.5. The average molecular weight is 412 g/mol. The molecule has 0 saturated carbocycles. The zero-order chi connectivity index (χ0) is 18.7. The van der Waals surface area contributed by atoms with Crippen molar-refractivity contribution in [2.45, 2.75) is 12.8 Å². The van der Waals surface area contributed by atoms with Crippen molar-refractivity contribution in [1.82, 2.24) is 0 Å². The highest BCUT2D eigenvalue weighted by molar-refractivity contribution is 6.37. The fourth-order valence-electron chi connectivity index (χ4n) is 2.40. The van der Waals surface area contributed by atoms with Crippen LogP contribution in [0, 0.1) is 0 Å². The Kier molecular flexibility index (Phi) is 5.87. The molecule has 0 spiro atoms. The van der Waals surface area contributed by atoms with Crippen LogP contribution in [0.15, 0.2) is 42.2 Å². The van der Waals surface area contributed by atoms with Gasteiger partial charge in [-0.25, -0.2) is 0 Å². The van der Waals surface area contributed by atoms with Crippen molar-refractivity contribution in [3.63, 3.8) is 0 Å². The first-order valence-electron chi connectivity index (χ1n) is 7.78. The van der Waals surface area contributed by atoms with Crippen molar-refractivity contribution < 1.29 is 19.1 Å². The van der Waals surface area contributed by atoms with Gasteiger partial charge in [-0.15, -0.1) is 11.6 Å². The van der Waals surface area contributed by atoms with Crippen molar-refractivity contribution in [1.29, 1.82) is 0 Å². The van der Waals surface area contributed by atoms with E-state index < -0.39 is 5.97 Å². The van der Waals surface area contributed by atoms with Gasteiger partial charge < -0.3 is 9.47 Å². The van der Waals surface area contributed by atoms with Gasteiger partial charge in [-0.1, -0.05) is 29.3 Å². The van der Waals surface area contributed by atoms with Gasteiger partial charge in [0.05, 0.1) is 5.56 Å². The minimum atomic E-state index is -0.395.